The van der Waals surface area contributed by atoms with Crippen molar-refractivity contribution in [2.75, 3.05) is 11.4 Å². The molecule has 1 aliphatic heterocycles. The molecule has 0 saturated heterocycles. The maximum Gasteiger partial charge on any atom is 0.258 e. The highest BCUT2D eigenvalue weighted by molar-refractivity contribution is 6.30. The van der Waals surface area contributed by atoms with E-state index in [4.69, 9.17) is 11.6 Å². The molecule has 1 saturated carbocycles. The Balaban J connectivity index is 1.33. The van der Waals surface area contributed by atoms with E-state index in [-0.39, 0.29) is 11.8 Å². The van der Waals surface area contributed by atoms with Crippen molar-refractivity contribution in [2.45, 2.75) is 51.5 Å². The van der Waals surface area contributed by atoms with Gasteiger partial charge in [-0.3, -0.25) is 9.59 Å². The number of nitrogens with one attached hydrogen (secondary N) is 1. The molecule has 152 valence electrons. The lowest BCUT2D eigenvalue weighted by Gasteiger charge is -2.18. The van der Waals surface area contributed by atoms with Crippen LogP contribution in [0.5, 0.6) is 0 Å². The van der Waals surface area contributed by atoms with E-state index >= 15 is 0 Å². The molecule has 2 aliphatic rings. The molecule has 2 aromatic rings. The molecule has 1 aliphatic carbocycles. The molecular formula is C24H27ClN2O2. The topological polar surface area (TPSA) is 49.4 Å². The minimum atomic E-state index is -0.00613. The Hall–Kier alpha value is -2.33. The normalized spacial score (nSPS) is 16.1. The van der Waals surface area contributed by atoms with Gasteiger partial charge in [0.25, 0.3) is 5.91 Å². The zero-order chi connectivity index (χ0) is 20.2. The fourth-order valence-electron chi connectivity index (χ4n) is 4.45. The van der Waals surface area contributed by atoms with Crippen LogP contribution in [-0.4, -0.2) is 18.4 Å². The maximum absolute atomic E-state index is 12.8. The zero-order valence-corrected chi connectivity index (χ0v) is 17.4. The van der Waals surface area contributed by atoms with Gasteiger partial charge in [0.15, 0.2) is 0 Å². The first-order chi connectivity index (χ1) is 14.1. The fraction of sp³-hybridized carbons (Fsp3) is 0.417. The molecule has 0 radical (unpaired) electrons. The van der Waals surface area contributed by atoms with Crippen LogP contribution in [0.2, 0.25) is 5.02 Å². The van der Waals surface area contributed by atoms with Crippen molar-refractivity contribution in [2.24, 2.45) is 5.92 Å². The molecule has 0 aromatic heterocycles. The van der Waals surface area contributed by atoms with Gasteiger partial charge in [-0.25, -0.2) is 0 Å². The van der Waals surface area contributed by atoms with Gasteiger partial charge in [-0.15, -0.1) is 0 Å². The van der Waals surface area contributed by atoms with E-state index in [2.05, 4.69) is 11.4 Å². The van der Waals surface area contributed by atoms with Crippen molar-refractivity contribution < 1.29 is 9.59 Å². The van der Waals surface area contributed by atoms with Gasteiger partial charge in [-0.1, -0.05) is 49.4 Å². The first kappa shape index (κ1) is 20.0. The summed E-state index contributed by atoms with van der Waals surface area (Å²) in [5, 5.41) is 3.67. The monoisotopic (exact) mass is 410 g/mol. The smallest absolute Gasteiger partial charge is 0.258 e. The molecule has 0 atom stereocenters. The Kier molecular flexibility index (Phi) is 6.19. The van der Waals surface area contributed by atoms with Crippen molar-refractivity contribution in [3.63, 3.8) is 0 Å². The molecule has 0 unspecified atom stereocenters. The third-order valence-electron chi connectivity index (χ3n) is 6.12. The summed E-state index contributed by atoms with van der Waals surface area (Å²) < 4.78 is 0. The van der Waals surface area contributed by atoms with Crippen molar-refractivity contribution in [1.29, 1.82) is 0 Å². The second-order valence-corrected chi connectivity index (χ2v) is 8.58. The van der Waals surface area contributed by atoms with E-state index in [1.807, 2.05) is 17.0 Å². The van der Waals surface area contributed by atoms with Crippen LogP contribution < -0.4 is 10.2 Å². The molecule has 29 heavy (non-hydrogen) atoms. The molecule has 2 amide bonds. The van der Waals surface area contributed by atoms with Gasteiger partial charge in [0.1, 0.15) is 0 Å². The Morgan fingerprint density at radius 1 is 1.07 bits per heavy atom. The molecular weight excluding hydrogens is 384 g/mol. The van der Waals surface area contributed by atoms with Crippen LogP contribution in [0.15, 0.2) is 42.5 Å². The number of hydrogen-bond acceptors (Lipinski definition) is 2. The lowest BCUT2D eigenvalue weighted by molar-refractivity contribution is -0.121. The predicted octanol–water partition coefficient (Wildman–Crippen LogP) is 5.13. The Labute approximate surface area is 177 Å². The molecule has 1 N–H and O–H groups in total. The van der Waals surface area contributed by atoms with Crippen LogP contribution in [0.3, 0.4) is 0 Å². The first-order valence-corrected chi connectivity index (χ1v) is 10.9. The van der Waals surface area contributed by atoms with E-state index in [0.717, 1.165) is 35.6 Å². The fourth-order valence-corrected chi connectivity index (χ4v) is 4.57. The number of rotatable bonds is 6. The summed E-state index contributed by atoms with van der Waals surface area (Å²) in [6.45, 7) is 1.22. The predicted molar refractivity (Wildman–Crippen MR) is 116 cm³/mol. The minimum Gasteiger partial charge on any atom is -0.352 e. The second-order valence-electron chi connectivity index (χ2n) is 8.14. The Morgan fingerprint density at radius 2 is 1.83 bits per heavy atom. The average molecular weight is 411 g/mol. The molecule has 0 bridgehead atoms. The minimum absolute atomic E-state index is 0.00613. The Bertz CT molecular complexity index is 888. The van der Waals surface area contributed by atoms with E-state index in [9.17, 15) is 9.59 Å². The highest BCUT2D eigenvalue weighted by Crippen LogP contribution is 2.31. The number of anilines is 1. The number of carbonyl (C=O) groups is 2. The lowest BCUT2D eigenvalue weighted by atomic mass is 10.0. The summed E-state index contributed by atoms with van der Waals surface area (Å²) in [7, 11) is 0. The highest BCUT2D eigenvalue weighted by atomic mass is 35.5. The molecule has 5 heteroatoms. The first-order valence-electron chi connectivity index (χ1n) is 10.6. The summed E-state index contributed by atoms with van der Waals surface area (Å²) in [5.41, 5.74) is 3.84. The van der Waals surface area contributed by atoms with Gasteiger partial charge in [0, 0.05) is 35.8 Å². The van der Waals surface area contributed by atoms with E-state index < -0.39 is 0 Å². The number of nitrogens with zero attached hydrogens (tertiary/aromatic N) is 1. The Morgan fingerprint density at radius 3 is 2.59 bits per heavy atom. The third-order valence-corrected chi connectivity index (χ3v) is 6.37. The van der Waals surface area contributed by atoms with Gasteiger partial charge < -0.3 is 10.2 Å². The maximum atomic E-state index is 12.8. The van der Waals surface area contributed by atoms with Gasteiger partial charge in [-0.05, 0) is 60.2 Å². The van der Waals surface area contributed by atoms with Crippen LogP contribution in [0.4, 0.5) is 5.69 Å². The van der Waals surface area contributed by atoms with Crippen LogP contribution in [0, 0.1) is 5.92 Å². The molecule has 4 rings (SSSR count). The molecule has 0 spiro atoms. The summed E-state index contributed by atoms with van der Waals surface area (Å²) in [6.07, 6.45) is 7.67. The van der Waals surface area contributed by atoms with E-state index in [1.54, 1.807) is 24.3 Å². The highest BCUT2D eigenvalue weighted by Gasteiger charge is 2.25. The molecule has 2 aromatic carbocycles. The van der Waals surface area contributed by atoms with Crippen LogP contribution in [0.1, 0.15) is 60.0 Å². The third kappa shape index (κ3) is 4.81. The number of benzene rings is 2. The summed E-state index contributed by atoms with van der Waals surface area (Å²) in [5.74, 6) is 0.871. The van der Waals surface area contributed by atoms with Crippen LogP contribution in [0.25, 0.3) is 0 Å². The van der Waals surface area contributed by atoms with Gasteiger partial charge >= 0.3 is 0 Å². The second kappa shape index (κ2) is 9.00. The number of halogens is 1. The van der Waals surface area contributed by atoms with Crippen molar-refractivity contribution in [3.8, 4) is 0 Å². The lowest BCUT2D eigenvalue weighted by Crippen LogP contribution is -2.28. The quantitative estimate of drug-likeness (QED) is 0.717. The number of hydrogen-bond donors (Lipinski definition) is 1. The van der Waals surface area contributed by atoms with Crippen molar-refractivity contribution in [3.05, 3.63) is 64.2 Å². The number of fused-ring (bicyclic) bond motifs is 1. The van der Waals surface area contributed by atoms with Crippen molar-refractivity contribution >= 4 is 29.1 Å². The van der Waals surface area contributed by atoms with Gasteiger partial charge in [-0.2, -0.15) is 0 Å². The molecule has 4 nitrogen and oxygen atoms in total. The van der Waals surface area contributed by atoms with Crippen molar-refractivity contribution in [1.82, 2.24) is 5.32 Å². The van der Waals surface area contributed by atoms with Crippen LogP contribution >= 0.6 is 11.6 Å². The van der Waals surface area contributed by atoms with Gasteiger partial charge in [0.2, 0.25) is 5.91 Å². The summed E-state index contributed by atoms with van der Waals surface area (Å²) in [6, 6.07) is 13.1. The summed E-state index contributed by atoms with van der Waals surface area (Å²) >= 11 is 5.92. The van der Waals surface area contributed by atoms with E-state index in [1.165, 1.54) is 25.7 Å². The number of carbonyl (C=O) groups excluding carboxylic acids is 2. The zero-order valence-electron chi connectivity index (χ0n) is 16.6. The number of amides is 2. The molecule has 1 fully saturated rings. The van der Waals surface area contributed by atoms with Gasteiger partial charge in [0.05, 0.1) is 0 Å². The standard InChI is InChI=1S/C24H27ClN2O2/c25-21-9-7-19(8-10-21)24(29)27-14-13-20-15-18(5-11-22(20)27)16-26-23(28)12-6-17-3-1-2-4-17/h5,7-11,15,17H,1-4,6,12-14,16H2,(H,26,28). The SMILES string of the molecule is O=C(CCC1CCCC1)NCc1ccc2c(c1)CCN2C(=O)c1ccc(Cl)cc1. The van der Waals surface area contributed by atoms with Crippen LogP contribution in [-0.2, 0) is 17.8 Å². The average Bonchev–Trinajstić information content (AvgIpc) is 3.40. The molecule has 1 heterocycles. The largest absolute Gasteiger partial charge is 0.352 e. The van der Waals surface area contributed by atoms with E-state index in [0.29, 0.717) is 30.1 Å². The summed E-state index contributed by atoms with van der Waals surface area (Å²) in [4.78, 5) is 26.8.